The van der Waals surface area contributed by atoms with E-state index >= 15 is 0 Å². The Bertz CT molecular complexity index is 834. The second kappa shape index (κ2) is 6.66. The topological polar surface area (TPSA) is 68.0 Å². The largest absolute Gasteiger partial charge is 0.334 e. The normalized spacial score (nSPS) is 10.8. The van der Waals surface area contributed by atoms with Crippen LogP contribution in [0, 0.1) is 6.92 Å². The first-order valence-electron chi connectivity index (χ1n) is 7.85. The van der Waals surface area contributed by atoms with Crippen molar-refractivity contribution in [1.29, 1.82) is 0 Å². The molecule has 0 unspecified atom stereocenters. The van der Waals surface area contributed by atoms with Crippen molar-refractivity contribution < 1.29 is 9.32 Å². The van der Waals surface area contributed by atoms with E-state index in [2.05, 4.69) is 29.3 Å². The zero-order valence-electron chi connectivity index (χ0n) is 13.9. The molecule has 1 N–H and O–H groups in total. The molecule has 5 heteroatoms. The van der Waals surface area contributed by atoms with Crippen LogP contribution in [0.5, 0.6) is 0 Å². The average molecular weight is 321 g/mol. The summed E-state index contributed by atoms with van der Waals surface area (Å²) in [6.45, 7) is 6.04. The Balaban J connectivity index is 1.71. The summed E-state index contributed by atoms with van der Waals surface area (Å²) in [5, 5.41) is 6.66. The predicted octanol–water partition coefficient (Wildman–Crippen LogP) is 4.42. The molecule has 0 aliphatic rings. The highest BCUT2D eigenvalue weighted by molar-refractivity contribution is 6.04. The molecule has 0 aliphatic heterocycles. The van der Waals surface area contributed by atoms with Gasteiger partial charge in [0, 0.05) is 16.8 Å². The molecule has 3 aromatic rings. The molecule has 0 aliphatic carbocycles. The third kappa shape index (κ3) is 3.51. The molecule has 24 heavy (non-hydrogen) atoms. The summed E-state index contributed by atoms with van der Waals surface area (Å²) in [5.74, 6) is 1.34. The Labute approximate surface area is 140 Å². The summed E-state index contributed by atoms with van der Waals surface area (Å²) in [4.78, 5) is 16.5. The third-order valence-electron chi connectivity index (χ3n) is 3.76. The minimum absolute atomic E-state index is 0.152. The molecule has 1 amide bonds. The fraction of sp³-hybridized carbons (Fsp3) is 0.211. The number of carbonyl (C=O) groups is 1. The van der Waals surface area contributed by atoms with E-state index in [0.29, 0.717) is 23.2 Å². The van der Waals surface area contributed by atoms with Crippen molar-refractivity contribution >= 4 is 11.6 Å². The lowest BCUT2D eigenvalue weighted by molar-refractivity contribution is 0.102. The number of nitrogens with zero attached hydrogens (tertiary/aromatic N) is 2. The van der Waals surface area contributed by atoms with E-state index in [-0.39, 0.29) is 5.91 Å². The van der Waals surface area contributed by atoms with E-state index in [9.17, 15) is 4.79 Å². The molecule has 0 atom stereocenters. The van der Waals surface area contributed by atoms with Gasteiger partial charge in [0.05, 0.1) is 0 Å². The van der Waals surface area contributed by atoms with Gasteiger partial charge in [-0.3, -0.25) is 4.79 Å². The van der Waals surface area contributed by atoms with Gasteiger partial charge in [-0.05, 0) is 54.8 Å². The maximum absolute atomic E-state index is 12.3. The second-order valence-electron chi connectivity index (χ2n) is 5.95. The number of nitrogens with one attached hydrogen (secondary N) is 1. The maximum Gasteiger partial charge on any atom is 0.257 e. The average Bonchev–Trinajstić information content (AvgIpc) is 3.02. The summed E-state index contributed by atoms with van der Waals surface area (Å²) in [6.07, 6.45) is 0. The Kier molecular flexibility index (Phi) is 4.42. The molecule has 0 bridgehead atoms. The molecule has 0 saturated heterocycles. The Hall–Kier alpha value is -2.95. The van der Waals surface area contributed by atoms with Crippen molar-refractivity contribution in [3.8, 4) is 11.5 Å². The number of benzene rings is 2. The first-order valence-corrected chi connectivity index (χ1v) is 7.85. The van der Waals surface area contributed by atoms with Crippen molar-refractivity contribution in [2.24, 2.45) is 0 Å². The van der Waals surface area contributed by atoms with Gasteiger partial charge in [-0.15, -0.1) is 0 Å². The number of carbonyl (C=O) groups excluding carboxylic acids is 1. The lowest BCUT2D eigenvalue weighted by atomic mass is 10.0. The molecule has 2 aromatic carbocycles. The van der Waals surface area contributed by atoms with Crippen LogP contribution in [0.3, 0.4) is 0 Å². The first kappa shape index (κ1) is 15.9. The van der Waals surface area contributed by atoms with Crippen molar-refractivity contribution in [1.82, 2.24) is 10.1 Å². The van der Waals surface area contributed by atoms with Crippen LogP contribution >= 0.6 is 0 Å². The van der Waals surface area contributed by atoms with Gasteiger partial charge >= 0.3 is 0 Å². The Morgan fingerprint density at radius 1 is 1.04 bits per heavy atom. The molecule has 3 rings (SSSR count). The van der Waals surface area contributed by atoms with Crippen molar-refractivity contribution in [2.45, 2.75) is 26.7 Å². The quantitative estimate of drug-likeness (QED) is 0.772. The predicted molar refractivity (Wildman–Crippen MR) is 93.0 cm³/mol. The fourth-order valence-electron chi connectivity index (χ4n) is 2.33. The molecule has 122 valence electrons. The summed E-state index contributed by atoms with van der Waals surface area (Å²) >= 11 is 0. The minimum Gasteiger partial charge on any atom is -0.334 e. The smallest absolute Gasteiger partial charge is 0.257 e. The molecule has 0 saturated carbocycles. The fourth-order valence-corrected chi connectivity index (χ4v) is 2.33. The van der Waals surface area contributed by atoms with Gasteiger partial charge in [0.15, 0.2) is 5.82 Å². The molecule has 5 nitrogen and oxygen atoms in total. The summed E-state index contributed by atoms with van der Waals surface area (Å²) in [5.41, 5.74) is 3.38. The van der Waals surface area contributed by atoms with Crippen LogP contribution in [-0.2, 0) is 0 Å². The molecular formula is C19H19N3O2. The van der Waals surface area contributed by atoms with Gasteiger partial charge in [0.25, 0.3) is 11.8 Å². The van der Waals surface area contributed by atoms with Crippen LogP contribution in [0.1, 0.15) is 41.5 Å². The summed E-state index contributed by atoms with van der Waals surface area (Å²) in [6, 6.07) is 15.0. The van der Waals surface area contributed by atoms with E-state index in [1.54, 1.807) is 31.2 Å². The molecule has 1 heterocycles. The van der Waals surface area contributed by atoms with E-state index in [1.807, 2.05) is 24.3 Å². The second-order valence-corrected chi connectivity index (χ2v) is 5.95. The highest BCUT2D eigenvalue weighted by atomic mass is 16.5. The van der Waals surface area contributed by atoms with E-state index in [0.717, 1.165) is 11.3 Å². The van der Waals surface area contributed by atoms with Gasteiger partial charge in [-0.2, -0.15) is 4.98 Å². The summed E-state index contributed by atoms with van der Waals surface area (Å²) in [7, 11) is 0. The lowest BCUT2D eigenvalue weighted by Crippen LogP contribution is -2.11. The van der Waals surface area contributed by atoms with Gasteiger partial charge in [0.2, 0.25) is 0 Å². The minimum atomic E-state index is -0.152. The van der Waals surface area contributed by atoms with Crippen LogP contribution in [0.15, 0.2) is 53.1 Å². The van der Waals surface area contributed by atoms with Crippen molar-refractivity contribution in [2.75, 3.05) is 5.32 Å². The number of hydrogen-bond acceptors (Lipinski definition) is 4. The first-order chi connectivity index (χ1) is 11.5. The number of rotatable bonds is 4. The molecule has 0 spiro atoms. The molecule has 1 aromatic heterocycles. The third-order valence-corrected chi connectivity index (χ3v) is 3.76. The maximum atomic E-state index is 12.3. The standard InChI is InChI=1S/C19H19N3O2/c1-12(2)14-8-10-17(11-9-14)21-18(23)15-4-6-16(7-5-15)19-20-13(3)22-24-19/h4-12H,1-3H3,(H,21,23). The van der Waals surface area contributed by atoms with Gasteiger partial charge in [-0.1, -0.05) is 31.1 Å². The van der Waals surface area contributed by atoms with Crippen LogP contribution in [0.4, 0.5) is 5.69 Å². The summed E-state index contributed by atoms with van der Waals surface area (Å²) < 4.78 is 5.12. The number of aryl methyl sites for hydroxylation is 1. The van der Waals surface area contributed by atoms with E-state index in [4.69, 9.17) is 4.52 Å². The molecule has 0 fully saturated rings. The monoisotopic (exact) mass is 321 g/mol. The number of anilines is 1. The van der Waals surface area contributed by atoms with E-state index < -0.39 is 0 Å². The van der Waals surface area contributed by atoms with Crippen molar-refractivity contribution in [3.05, 3.63) is 65.5 Å². The molecular weight excluding hydrogens is 302 g/mol. The Morgan fingerprint density at radius 2 is 1.71 bits per heavy atom. The Morgan fingerprint density at radius 3 is 2.25 bits per heavy atom. The van der Waals surface area contributed by atoms with E-state index in [1.165, 1.54) is 5.56 Å². The van der Waals surface area contributed by atoms with Crippen LogP contribution in [0.2, 0.25) is 0 Å². The van der Waals surface area contributed by atoms with Crippen LogP contribution < -0.4 is 5.32 Å². The van der Waals surface area contributed by atoms with Gasteiger partial charge < -0.3 is 9.84 Å². The number of aromatic nitrogens is 2. The van der Waals surface area contributed by atoms with Crippen LogP contribution in [0.25, 0.3) is 11.5 Å². The van der Waals surface area contributed by atoms with Crippen LogP contribution in [-0.4, -0.2) is 16.0 Å². The van der Waals surface area contributed by atoms with Gasteiger partial charge in [0.1, 0.15) is 0 Å². The number of amides is 1. The zero-order valence-corrected chi connectivity index (χ0v) is 13.9. The lowest BCUT2D eigenvalue weighted by Gasteiger charge is -2.08. The number of hydrogen-bond donors (Lipinski definition) is 1. The SMILES string of the molecule is Cc1noc(-c2ccc(C(=O)Nc3ccc(C(C)C)cc3)cc2)n1. The zero-order chi connectivity index (χ0) is 17.1. The highest BCUT2D eigenvalue weighted by Gasteiger charge is 2.10. The highest BCUT2D eigenvalue weighted by Crippen LogP contribution is 2.20. The van der Waals surface area contributed by atoms with Gasteiger partial charge in [-0.25, -0.2) is 0 Å². The van der Waals surface area contributed by atoms with Crippen molar-refractivity contribution in [3.63, 3.8) is 0 Å². The molecule has 0 radical (unpaired) electrons.